The van der Waals surface area contributed by atoms with Crippen molar-refractivity contribution in [3.8, 4) is 0 Å². The standard InChI is InChI=1S/C25H31ClN2/c1-4-7-11-21(6-3)22-16-13-20(14-17-22)15-18-24-23(10-5-2)27-25(28-24)12-8-9-19-26/h4,6,8-10,13-14,16-18,21H,1,3,5,7,11-12,15,19H2,2H3,(H,27,28)/b9-8+,23-10+,24-18+. The number of imidazole rings is 1. The molecule has 2 rings (SSSR count). The fraction of sp³-hybridized carbons (Fsp3) is 0.320. The zero-order valence-corrected chi connectivity index (χ0v) is 17.6. The number of H-pyrrole nitrogens is 1. The largest absolute Gasteiger partial charge is 0.342 e. The molecular weight excluding hydrogens is 364 g/mol. The van der Waals surface area contributed by atoms with Crippen LogP contribution in [0.3, 0.4) is 0 Å². The first kappa shape index (κ1) is 22.0. The maximum Gasteiger partial charge on any atom is 0.111 e. The molecule has 2 nitrogen and oxygen atoms in total. The van der Waals surface area contributed by atoms with E-state index in [0.29, 0.717) is 11.8 Å². The number of aromatic nitrogens is 2. The van der Waals surface area contributed by atoms with E-state index in [1.54, 1.807) is 0 Å². The minimum atomic E-state index is 0.386. The summed E-state index contributed by atoms with van der Waals surface area (Å²) >= 11 is 5.70. The van der Waals surface area contributed by atoms with Crippen molar-refractivity contribution in [2.75, 3.05) is 5.88 Å². The third-order valence-electron chi connectivity index (χ3n) is 4.69. The Bertz CT molecular complexity index is 888. The Labute approximate surface area is 174 Å². The average Bonchev–Trinajstić information content (AvgIpc) is 3.10. The van der Waals surface area contributed by atoms with Crippen LogP contribution in [-0.2, 0) is 12.8 Å². The van der Waals surface area contributed by atoms with Gasteiger partial charge in [-0.05, 0) is 36.8 Å². The van der Waals surface area contributed by atoms with Crippen LogP contribution in [0.2, 0.25) is 0 Å². The summed E-state index contributed by atoms with van der Waals surface area (Å²) in [4.78, 5) is 8.17. The van der Waals surface area contributed by atoms with E-state index >= 15 is 0 Å². The third kappa shape index (κ3) is 6.69. The molecular formula is C25H31ClN2. The second kappa shape index (κ2) is 12.2. The first-order valence-corrected chi connectivity index (χ1v) is 10.5. The Hall–Kier alpha value is -2.32. The lowest BCUT2D eigenvalue weighted by molar-refractivity contribution is 0.752. The summed E-state index contributed by atoms with van der Waals surface area (Å²) in [6, 6.07) is 8.84. The molecule has 0 aliphatic rings. The number of hydrogen-bond donors (Lipinski definition) is 1. The second-order valence-electron chi connectivity index (χ2n) is 6.78. The molecule has 28 heavy (non-hydrogen) atoms. The number of nitrogens with zero attached hydrogens (tertiary/aromatic N) is 1. The summed E-state index contributed by atoms with van der Waals surface area (Å²) < 4.78 is 0. The van der Waals surface area contributed by atoms with Crippen molar-refractivity contribution < 1.29 is 0 Å². The van der Waals surface area contributed by atoms with Crippen LogP contribution in [0.4, 0.5) is 0 Å². The summed E-state index contributed by atoms with van der Waals surface area (Å²) in [6.07, 6.45) is 17.0. The number of halogens is 1. The van der Waals surface area contributed by atoms with Crippen molar-refractivity contribution in [1.29, 1.82) is 0 Å². The van der Waals surface area contributed by atoms with Gasteiger partial charge >= 0.3 is 0 Å². The van der Waals surface area contributed by atoms with Crippen molar-refractivity contribution in [3.63, 3.8) is 0 Å². The lowest BCUT2D eigenvalue weighted by Crippen LogP contribution is -2.24. The maximum absolute atomic E-state index is 5.70. The van der Waals surface area contributed by atoms with Crippen LogP contribution in [0.25, 0.3) is 12.2 Å². The van der Waals surface area contributed by atoms with Gasteiger partial charge in [0.25, 0.3) is 0 Å². The summed E-state index contributed by atoms with van der Waals surface area (Å²) in [6.45, 7) is 9.93. The molecule has 0 amide bonds. The lowest BCUT2D eigenvalue weighted by Gasteiger charge is -2.12. The molecule has 1 heterocycles. The highest BCUT2D eigenvalue weighted by atomic mass is 35.5. The molecule has 3 heteroatoms. The summed E-state index contributed by atoms with van der Waals surface area (Å²) in [5, 5.41) is 2.12. The highest BCUT2D eigenvalue weighted by Gasteiger charge is 2.06. The van der Waals surface area contributed by atoms with Crippen molar-refractivity contribution in [3.05, 3.63) is 89.4 Å². The molecule has 0 spiro atoms. The van der Waals surface area contributed by atoms with E-state index in [1.807, 2.05) is 24.3 Å². The molecule has 0 aliphatic heterocycles. The van der Waals surface area contributed by atoms with Gasteiger partial charge in [0.15, 0.2) is 0 Å². The van der Waals surface area contributed by atoms with Gasteiger partial charge in [0.2, 0.25) is 0 Å². The monoisotopic (exact) mass is 394 g/mol. The van der Waals surface area contributed by atoms with E-state index in [1.165, 1.54) is 11.1 Å². The zero-order valence-electron chi connectivity index (χ0n) is 16.8. The number of benzene rings is 1. The van der Waals surface area contributed by atoms with Crippen molar-refractivity contribution in [2.45, 2.75) is 44.9 Å². The van der Waals surface area contributed by atoms with Gasteiger partial charge in [-0.3, -0.25) is 0 Å². The molecule has 1 atom stereocenters. The highest BCUT2D eigenvalue weighted by molar-refractivity contribution is 6.18. The number of alkyl halides is 1. The average molecular weight is 395 g/mol. The molecule has 0 bridgehead atoms. The van der Waals surface area contributed by atoms with Gasteiger partial charge in [0.05, 0.1) is 10.7 Å². The van der Waals surface area contributed by atoms with E-state index in [4.69, 9.17) is 16.6 Å². The van der Waals surface area contributed by atoms with E-state index in [9.17, 15) is 0 Å². The minimum Gasteiger partial charge on any atom is -0.342 e. The Morgan fingerprint density at radius 2 is 1.89 bits per heavy atom. The molecule has 1 N–H and O–H groups in total. The number of allylic oxidation sites excluding steroid dienone is 4. The predicted molar refractivity (Wildman–Crippen MR) is 123 cm³/mol. The van der Waals surface area contributed by atoms with Crippen LogP contribution in [0.15, 0.2) is 61.7 Å². The number of aromatic amines is 1. The van der Waals surface area contributed by atoms with E-state index < -0.39 is 0 Å². The molecule has 1 aromatic heterocycles. The molecule has 0 saturated heterocycles. The quantitative estimate of drug-likeness (QED) is 0.412. The smallest absolute Gasteiger partial charge is 0.111 e. The Kier molecular flexibility index (Phi) is 9.57. The molecule has 1 unspecified atom stereocenters. The fourth-order valence-electron chi connectivity index (χ4n) is 3.16. The van der Waals surface area contributed by atoms with Gasteiger partial charge in [0, 0.05) is 18.2 Å². The molecule has 0 radical (unpaired) electrons. The minimum absolute atomic E-state index is 0.386. The number of hydrogen-bond acceptors (Lipinski definition) is 1. The van der Waals surface area contributed by atoms with E-state index in [-0.39, 0.29) is 0 Å². The number of nitrogens with one attached hydrogen (secondary N) is 1. The summed E-state index contributed by atoms with van der Waals surface area (Å²) in [5.74, 6) is 1.89. The van der Waals surface area contributed by atoms with Crippen molar-refractivity contribution >= 4 is 23.8 Å². The Morgan fingerprint density at radius 3 is 2.54 bits per heavy atom. The van der Waals surface area contributed by atoms with Gasteiger partial charge < -0.3 is 4.98 Å². The highest BCUT2D eigenvalue weighted by Crippen LogP contribution is 2.23. The first-order chi connectivity index (χ1) is 13.7. The molecule has 2 aromatic rings. The van der Waals surface area contributed by atoms with Gasteiger partial charge in [-0.15, -0.1) is 24.8 Å². The van der Waals surface area contributed by atoms with Crippen LogP contribution < -0.4 is 10.7 Å². The van der Waals surface area contributed by atoms with Crippen molar-refractivity contribution in [2.24, 2.45) is 0 Å². The van der Waals surface area contributed by atoms with Gasteiger partial charge in [-0.2, -0.15) is 0 Å². The topological polar surface area (TPSA) is 28.7 Å². The molecule has 0 aliphatic carbocycles. The van der Waals surface area contributed by atoms with Gasteiger partial charge in [-0.1, -0.05) is 67.6 Å². The maximum atomic E-state index is 5.70. The summed E-state index contributed by atoms with van der Waals surface area (Å²) in [7, 11) is 0. The second-order valence-corrected chi connectivity index (χ2v) is 7.09. The number of rotatable bonds is 11. The van der Waals surface area contributed by atoms with Crippen LogP contribution >= 0.6 is 11.6 Å². The van der Waals surface area contributed by atoms with Crippen LogP contribution in [0.1, 0.15) is 49.1 Å². The SMILES string of the molecule is C=CCCC(C=C)c1ccc(C/C=c2/nc(C/C=C/CCl)[nH]/c2=C/CC)cc1. The first-order valence-electron chi connectivity index (χ1n) is 10.00. The zero-order chi connectivity index (χ0) is 20.2. The van der Waals surface area contributed by atoms with Crippen LogP contribution in [0.5, 0.6) is 0 Å². The fourth-order valence-corrected chi connectivity index (χ4v) is 3.28. The van der Waals surface area contributed by atoms with Crippen LogP contribution in [-0.4, -0.2) is 15.8 Å². The van der Waals surface area contributed by atoms with Gasteiger partial charge in [0.1, 0.15) is 5.82 Å². The van der Waals surface area contributed by atoms with E-state index in [2.05, 4.69) is 61.5 Å². The van der Waals surface area contributed by atoms with Crippen molar-refractivity contribution in [1.82, 2.24) is 9.97 Å². The molecule has 0 saturated carbocycles. The summed E-state index contributed by atoms with van der Waals surface area (Å²) in [5.41, 5.74) is 2.60. The molecule has 1 aromatic carbocycles. The van der Waals surface area contributed by atoms with E-state index in [0.717, 1.165) is 48.6 Å². The van der Waals surface area contributed by atoms with Crippen LogP contribution in [0, 0.1) is 0 Å². The molecule has 148 valence electrons. The molecule has 0 fully saturated rings. The normalized spacial score (nSPS) is 13.9. The predicted octanol–water partition coefficient (Wildman–Crippen LogP) is 5.20. The Morgan fingerprint density at radius 1 is 1.11 bits per heavy atom. The van der Waals surface area contributed by atoms with Gasteiger partial charge in [-0.25, -0.2) is 4.98 Å². The lowest BCUT2D eigenvalue weighted by atomic mass is 9.93. The Balaban J connectivity index is 2.16. The third-order valence-corrected chi connectivity index (χ3v) is 4.87.